The number of nitrogens with zero attached hydrogens (tertiary/aromatic N) is 2. The first-order valence-electron chi connectivity index (χ1n) is 13.3. The van der Waals surface area contributed by atoms with E-state index < -0.39 is 11.4 Å². The first kappa shape index (κ1) is 29.4. The van der Waals surface area contributed by atoms with Gasteiger partial charge in [-0.25, -0.2) is 4.79 Å². The standard InChI is InChI=1S/C31H30Cl3N3O4/c1-31(2,3)21(30(39)40)12-17-6-5-7-19-20(15-37(4)27(17)19)28(38)25-26(24-22(33)13-18(32)14-23(24)34)36-41-29(25)16-8-10-35-11-9-16/h5-7,12-16,35H,8-11H2,1-4H3,(H,39,40)/b21-12-. The predicted octanol–water partition coefficient (Wildman–Crippen LogP) is 8.01. The Kier molecular flexibility index (Phi) is 8.09. The van der Waals surface area contributed by atoms with Gasteiger partial charge in [-0.2, -0.15) is 0 Å². The summed E-state index contributed by atoms with van der Waals surface area (Å²) in [6, 6.07) is 8.65. The number of rotatable bonds is 6. The van der Waals surface area contributed by atoms with E-state index in [9.17, 15) is 14.7 Å². The third-order valence-electron chi connectivity index (χ3n) is 7.51. The van der Waals surface area contributed by atoms with Crippen LogP contribution in [0.25, 0.3) is 28.2 Å². The number of nitrogens with one attached hydrogen (secondary N) is 1. The largest absolute Gasteiger partial charge is 0.478 e. The number of carbonyl (C=O) groups excluding carboxylic acids is 1. The number of carboxylic acid groups (broad SMARTS) is 1. The van der Waals surface area contributed by atoms with Gasteiger partial charge in [0.2, 0.25) is 5.78 Å². The Balaban J connectivity index is 1.72. The maximum Gasteiger partial charge on any atom is 0.332 e. The van der Waals surface area contributed by atoms with Gasteiger partial charge >= 0.3 is 5.97 Å². The van der Waals surface area contributed by atoms with Gasteiger partial charge in [0, 0.05) is 46.3 Å². The van der Waals surface area contributed by atoms with Gasteiger partial charge in [-0.05, 0) is 55.1 Å². The SMILES string of the molecule is Cn1cc(C(=O)c2c(-c3c(Cl)cc(Cl)cc3Cl)noc2C2CCNCC2)c2cccc(/C=C(/C(=O)O)C(C)(C)C)c21. The molecule has 5 rings (SSSR count). The van der Waals surface area contributed by atoms with Crippen LogP contribution in [0.1, 0.15) is 66.8 Å². The molecular weight excluding hydrogens is 585 g/mol. The molecule has 3 heterocycles. The van der Waals surface area contributed by atoms with Gasteiger partial charge in [0.25, 0.3) is 0 Å². The number of para-hydroxylation sites is 1. The number of aliphatic carboxylic acids is 1. The van der Waals surface area contributed by atoms with Gasteiger partial charge in [0.15, 0.2) is 5.76 Å². The molecule has 1 fully saturated rings. The van der Waals surface area contributed by atoms with Crippen LogP contribution in [0.5, 0.6) is 0 Å². The second kappa shape index (κ2) is 11.3. The summed E-state index contributed by atoms with van der Waals surface area (Å²) in [5, 5.41) is 19.2. The van der Waals surface area contributed by atoms with Crippen LogP contribution in [-0.2, 0) is 11.8 Å². The Morgan fingerprint density at radius 1 is 1.12 bits per heavy atom. The van der Waals surface area contributed by atoms with Crippen LogP contribution in [0, 0.1) is 5.41 Å². The highest BCUT2D eigenvalue weighted by atomic mass is 35.5. The normalized spacial score (nSPS) is 15.0. The number of ketones is 1. The van der Waals surface area contributed by atoms with Crippen molar-refractivity contribution < 1.29 is 19.2 Å². The number of fused-ring (bicyclic) bond motifs is 1. The highest BCUT2D eigenvalue weighted by Gasteiger charge is 2.34. The molecule has 2 aromatic carbocycles. The highest BCUT2D eigenvalue weighted by molar-refractivity contribution is 6.42. The first-order chi connectivity index (χ1) is 19.4. The second-order valence-electron chi connectivity index (χ2n) is 11.4. The fourth-order valence-corrected chi connectivity index (χ4v) is 6.51. The molecule has 0 saturated carbocycles. The summed E-state index contributed by atoms with van der Waals surface area (Å²) in [5.74, 6) is -0.780. The summed E-state index contributed by atoms with van der Waals surface area (Å²) in [6.07, 6.45) is 5.01. The fourth-order valence-electron chi connectivity index (χ4n) is 5.51. The maximum absolute atomic E-state index is 14.5. The van der Waals surface area contributed by atoms with E-state index in [0.717, 1.165) is 31.4 Å². The molecule has 10 heteroatoms. The summed E-state index contributed by atoms with van der Waals surface area (Å²) in [6.45, 7) is 7.16. The van der Waals surface area contributed by atoms with E-state index in [1.165, 1.54) is 0 Å². The molecule has 2 aromatic heterocycles. The summed E-state index contributed by atoms with van der Waals surface area (Å²) < 4.78 is 7.74. The van der Waals surface area contributed by atoms with E-state index in [2.05, 4.69) is 10.5 Å². The molecule has 4 aromatic rings. The lowest BCUT2D eigenvalue weighted by atomic mass is 9.85. The van der Waals surface area contributed by atoms with Crippen LogP contribution in [0.3, 0.4) is 0 Å². The van der Waals surface area contributed by atoms with E-state index in [1.807, 2.05) is 50.6 Å². The number of hydrogen-bond donors (Lipinski definition) is 2. The summed E-state index contributed by atoms with van der Waals surface area (Å²) >= 11 is 19.3. The number of carboxylic acids is 1. The Bertz CT molecular complexity index is 1680. The van der Waals surface area contributed by atoms with Crippen molar-refractivity contribution in [1.82, 2.24) is 15.0 Å². The van der Waals surface area contributed by atoms with Gasteiger partial charge in [0.1, 0.15) is 5.69 Å². The third-order valence-corrected chi connectivity index (χ3v) is 8.33. The fraction of sp³-hybridized carbons (Fsp3) is 0.323. The van der Waals surface area contributed by atoms with Crippen LogP contribution in [0.15, 0.2) is 46.6 Å². The zero-order valence-corrected chi connectivity index (χ0v) is 25.4. The highest BCUT2D eigenvalue weighted by Crippen LogP contribution is 2.43. The Hall–Kier alpha value is -3.10. The molecule has 0 atom stereocenters. The van der Waals surface area contributed by atoms with Crippen molar-refractivity contribution in [3.05, 3.63) is 79.6 Å². The van der Waals surface area contributed by atoms with Crippen LogP contribution in [0.2, 0.25) is 15.1 Å². The number of benzene rings is 2. The van der Waals surface area contributed by atoms with E-state index >= 15 is 0 Å². The molecule has 1 aliphatic heterocycles. The van der Waals surface area contributed by atoms with Crippen molar-refractivity contribution in [3.63, 3.8) is 0 Å². The topological polar surface area (TPSA) is 97.4 Å². The van der Waals surface area contributed by atoms with E-state index in [-0.39, 0.29) is 33.0 Å². The molecule has 7 nitrogen and oxygen atoms in total. The van der Waals surface area contributed by atoms with E-state index in [1.54, 1.807) is 24.4 Å². The molecule has 1 aliphatic rings. The van der Waals surface area contributed by atoms with Crippen LogP contribution in [-0.4, -0.2) is 39.7 Å². The molecule has 0 radical (unpaired) electrons. The molecule has 0 bridgehead atoms. The number of hydrogen-bond acceptors (Lipinski definition) is 5. The van der Waals surface area contributed by atoms with Gasteiger partial charge in [-0.1, -0.05) is 78.9 Å². The zero-order valence-electron chi connectivity index (χ0n) is 23.1. The lowest BCUT2D eigenvalue weighted by molar-refractivity contribution is -0.133. The number of piperidine rings is 1. The summed E-state index contributed by atoms with van der Waals surface area (Å²) in [7, 11) is 1.84. The monoisotopic (exact) mass is 613 g/mol. The van der Waals surface area contributed by atoms with Crippen LogP contribution >= 0.6 is 34.8 Å². The average Bonchev–Trinajstić information content (AvgIpc) is 3.48. The minimum Gasteiger partial charge on any atom is -0.478 e. The van der Waals surface area contributed by atoms with Crippen molar-refractivity contribution in [1.29, 1.82) is 0 Å². The first-order valence-corrected chi connectivity index (χ1v) is 14.4. The number of aromatic nitrogens is 2. The quantitative estimate of drug-likeness (QED) is 0.169. The van der Waals surface area contributed by atoms with Gasteiger partial charge < -0.3 is 19.5 Å². The van der Waals surface area contributed by atoms with Gasteiger partial charge in [0.05, 0.1) is 21.1 Å². The number of halogens is 3. The molecule has 41 heavy (non-hydrogen) atoms. The lowest BCUT2D eigenvalue weighted by Gasteiger charge is -2.21. The zero-order chi connectivity index (χ0) is 29.6. The molecule has 1 saturated heterocycles. The summed E-state index contributed by atoms with van der Waals surface area (Å²) in [4.78, 5) is 26.6. The van der Waals surface area contributed by atoms with Crippen molar-refractivity contribution in [2.24, 2.45) is 12.5 Å². The molecule has 0 amide bonds. The van der Waals surface area contributed by atoms with Crippen molar-refractivity contribution in [2.45, 2.75) is 39.5 Å². The molecule has 0 unspecified atom stereocenters. The van der Waals surface area contributed by atoms with E-state index in [4.69, 9.17) is 39.3 Å². The molecule has 0 aliphatic carbocycles. The third kappa shape index (κ3) is 5.56. The minimum atomic E-state index is -0.988. The van der Waals surface area contributed by atoms with Crippen LogP contribution < -0.4 is 5.32 Å². The average molecular weight is 615 g/mol. The summed E-state index contributed by atoms with van der Waals surface area (Å²) in [5.41, 5.74) is 2.52. The van der Waals surface area contributed by atoms with E-state index in [0.29, 0.717) is 38.4 Å². The van der Waals surface area contributed by atoms with Gasteiger partial charge in [-0.15, -0.1) is 0 Å². The van der Waals surface area contributed by atoms with Crippen molar-refractivity contribution in [2.75, 3.05) is 13.1 Å². The maximum atomic E-state index is 14.5. The Labute approximate surface area is 253 Å². The predicted molar refractivity (Wildman–Crippen MR) is 163 cm³/mol. The number of aryl methyl sites for hydroxylation is 1. The smallest absolute Gasteiger partial charge is 0.332 e. The molecular formula is C31H30Cl3N3O4. The second-order valence-corrected chi connectivity index (χ2v) is 12.6. The minimum absolute atomic E-state index is 0.0142. The molecule has 0 spiro atoms. The Morgan fingerprint density at radius 2 is 1.78 bits per heavy atom. The number of carbonyl (C=O) groups is 2. The lowest BCUT2D eigenvalue weighted by Crippen LogP contribution is -2.27. The Morgan fingerprint density at radius 3 is 2.39 bits per heavy atom. The molecule has 214 valence electrons. The van der Waals surface area contributed by atoms with Gasteiger partial charge in [-0.3, -0.25) is 4.79 Å². The van der Waals surface area contributed by atoms with Crippen molar-refractivity contribution in [3.8, 4) is 11.3 Å². The van der Waals surface area contributed by atoms with Crippen LogP contribution in [0.4, 0.5) is 0 Å². The van der Waals surface area contributed by atoms with Crippen molar-refractivity contribution >= 4 is 63.5 Å². The molecule has 2 N–H and O–H groups in total.